The SMILES string of the molecule is CCCCCCCCCC[N+](C)(C)C(C)O[Si](C)(C)C. The zero-order valence-electron chi connectivity index (χ0n) is 15.3. The highest BCUT2D eigenvalue weighted by Gasteiger charge is 2.29. The first-order valence-corrected chi connectivity index (χ1v) is 12.1. The van der Waals surface area contributed by atoms with E-state index in [1.807, 2.05) is 0 Å². The first-order valence-electron chi connectivity index (χ1n) is 8.69. The zero-order chi connectivity index (χ0) is 15.6. The summed E-state index contributed by atoms with van der Waals surface area (Å²) in [6.45, 7) is 12.6. The van der Waals surface area contributed by atoms with Gasteiger partial charge in [0, 0.05) is 6.92 Å². The van der Waals surface area contributed by atoms with Gasteiger partial charge in [0.15, 0.2) is 14.5 Å². The van der Waals surface area contributed by atoms with Crippen LogP contribution in [0.2, 0.25) is 19.6 Å². The Morgan fingerprint density at radius 2 is 1.30 bits per heavy atom. The second-order valence-corrected chi connectivity index (χ2v) is 12.3. The molecule has 0 amide bonds. The number of nitrogens with zero attached hydrogens (tertiary/aromatic N) is 1. The summed E-state index contributed by atoms with van der Waals surface area (Å²) < 4.78 is 7.24. The van der Waals surface area contributed by atoms with E-state index < -0.39 is 8.32 Å². The molecule has 2 nitrogen and oxygen atoms in total. The standard InChI is InChI=1S/C17H40NOSi/c1-8-9-10-11-12-13-14-15-16-18(3,4)17(2)19-20(5,6)7/h17H,8-16H2,1-7H3/q+1. The lowest BCUT2D eigenvalue weighted by Crippen LogP contribution is -2.52. The summed E-state index contributed by atoms with van der Waals surface area (Å²) in [5.74, 6) is 0. The average Bonchev–Trinajstić information content (AvgIpc) is 2.30. The fraction of sp³-hybridized carbons (Fsp3) is 1.00. The highest BCUT2D eigenvalue weighted by Crippen LogP contribution is 2.17. The van der Waals surface area contributed by atoms with Gasteiger partial charge in [0.05, 0.1) is 20.6 Å². The fourth-order valence-electron chi connectivity index (χ4n) is 2.49. The van der Waals surface area contributed by atoms with E-state index in [2.05, 4.69) is 47.6 Å². The topological polar surface area (TPSA) is 9.23 Å². The van der Waals surface area contributed by atoms with Crippen LogP contribution in [0, 0.1) is 0 Å². The van der Waals surface area contributed by atoms with Gasteiger partial charge >= 0.3 is 0 Å². The number of hydrogen-bond donors (Lipinski definition) is 0. The van der Waals surface area contributed by atoms with Gasteiger partial charge in [0.1, 0.15) is 0 Å². The van der Waals surface area contributed by atoms with Crippen molar-refractivity contribution in [2.24, 2.45) is 0 Å². The highest BCUT2D eigenvalue weighted by atomic mass is 28.4. The van der Waals surface area contributed by atoms with Crippen LogP contribution < -0.4 is 0 Å². The van der Waals surface area contributed by atoms with Crippen LogP contribution in [-0.4, -0.2) is 39.7 Å². The summed E-state index contributed by atoms with van der Waals surface area (Å²) in [5, 5.41) is 0. The maximum absolute atomic E-state index is 6.24. The van der Waals surface area contributed by atoms with Crippen LogP contribution in [0.5, 0.6) is 0 Å². The van der Waals surface area contributed by atoms with E-state index in [9.17, 15) is 0 Å². The van der Waals surface area contributed by atoms with Gasteiger partial charge in [0.25, 0.3) is 0 Å². The minimum absolute atomic E-state index is 0.325. The Morgan fingerprint density at radius 3 is 1.75 bits per heavy atom. The molecule has 0 radical (unpaired) electrons. The maximum atomic E-state index is 6.24. The number of quaternary nitrogens is 1. The van der Waals surface area contributed by atoms with Crippen molar-refractivity contribution in [1.29, 1.82) is 0 Å². The van der Waals surface area contributed by atoms with Gasteiger partial charge in [0.2, 0.25) is 0 Å². The van der Waals surface area contributed by atoms with Gasteiger partial charge < -0.3 is 8.91 Å². The molecule has 0 aromatic rings. The van der Waals surface area contributed by atoms with Gasteiger partial charge in [-0.1, -0.05) is 45.4 Å². The van der Waals surface area contributed by atoms with Crippen LogP contribution in [0.1, 0.15) is 65.2 Å². The van der Waals surface area contributed by atoms with E-state index in [1.54, 1.807) is 0 Å². The van der Waals surface area contributed by atoms with Gasteiger partial charge in [-0.05, 0) is 32.5 Å². The summed E-state index contributed by atoms with van der Waals surface area (Å²) in [6.07, 6.45) is 11.5. The van der Waals surface area contributed by atoms with E-state index in [-0.39, 0.29) is 0 Å². The largest absolute Gasteiger partial charge is 0.371 e. The third kappa shape index (κ3) is 10.9. The second-order valence-electron chi connectivity index (χ2n) is 7.81. The third-order valence-electron chi connectivity index (χ3n) is 4.10. The van der Waals surface area contributed by atoms with E-state index >= 15 is 0 Å². The molecule has 0 N–H and O–H groups in total. The molecule has 3 heteroatoms. The van der Waals surface area contributed by atoms with Crippen molar-refractivity contribution in [2.75, 3.05) is 20.6 Å². The lowest BCUT2D eigenvalue weighted by molar-refractivity contribution is -0.932. The van der Waals surface area contributed by atoms with Crippen molar-refractivity contribution < 1.29 is 8.91 Å². The van der Waals surface area contributed by atoms with Crippen LogP contribution in [0.3, 0.4) is 0 Å². The molecular weight excluding hydrogens is 262 g/mol. The Bertz CT molecular complexity index is 236. The zero-order valence-corrected chi connectivity index (χ0v) is 16.3. The van der Waals surface area contributed by atoms with Crippen LogP contribution in [-0.2, 0) is 4.43 Å². The van der Waals surface area contributed by atoms with Gasteiger partial charge in [-0.3, -0.25) is 0 Å². The smallest absolute Gasteiger partial charge is 0.191 e. The lowest BCUT2D eigenvalue weighted by atomic mass is 10.1. The molecule has 0 aliphatic rings. The average molecular weight is 303 g/mol. The molecule has 1 atom stereocenters. The molecule has 20 heavy (non-hydrogen) atoms. The van der Waals surface area contributed by atoms with E-state index in [1.165, 1.54) is 57.9 Å². The predicted octanol–water partition coefficient (Wildman–Crippen LogP) is 5.40. The molecule has 0 rings (SSSR count). The van der Waals surface area contributed by atoms with E-state index in [0.29, 0.717) is 6.23 Å². The second kappa shape index (κ2) is 9.96. The molecule has 0 saturated carbocycles. The Labute approximate surface area is 129 Å². The summed E-state index contributed by atoms with van der Waals surface area (Å²) >= 11 is 0. The van der Waals surface area contributed by atoms with Crippen molar-refractivity contribution in [3.05, 3.63) is 0 Å². The summed E-state index contributed by atoms with van der Waals surface area (Å²) in [5.41, 5.74) is 0. The van der Waals surface area contributed by atoms with Crippen LogP contribution in [0.25, 0.3) is 0 Å². The Hall–Kier alpha value is 0.137. The first kappa shape index (κ1) is 20.1. The van der Waals surface area contributed by atoms with Crippen molar-refractivity contribution in [3.63, 3.8) is 0 Å². The molecule has 0 heterocycles. The molecule has 1 unspecified atom stereocenters. The lowest BCUT2D eigenvalue weighted by Gasteiger charge is -2.38. The van der Waals surface area contributed by atoms with Crippen molar-refractivity contribution in [3.8, 4) is 0 Å². The molecule has 0 aliphatic carbocycles. The Kier molecular flexibility index (Phi) is 10.0. The molecule has 0 saturated heterocycles. The molecule has 0 spiro atoms. The Morgan fingerprint density at radius 1 is 0.850 bits per heavy atom. The number of hydrogen-bond acceptors (Lipinski definition) is 1. The molecule has 0 fully saturated rings. The monoisotopic (exact) mass is 302 g/mol. The summed E-state index contributed by atoms with van der Waals surface area (Å²) in [7, 11) is 3.20. The molecule has 122 valence electrons. The van der Waals surface area contributed by atoms with Crippen molar-refractivity contribution in [2.45, 2.75) is 91.1 Å². The van der Waals surface area contributed by atoms with Crippen molar-refractivity contribution in [1.82, 2.24) is 0 Å². The number of rotatable bonds is 12. The minimum atomic E-state index is -1.42. The van der Waals surface area contributed by atoms with Crippen molar-refractivity contribution >= 4 is 8.32 Å². The summed E-state index contributed by atoms with van der Waals surface area (Å²) in [6, 6.07) is 0. The predicted molar refractivity (Wildman–Crippen MR) is 93.5 cm³/mol. The molecule has 0 aromatic carbocycles. The Balaban J connectivity index is 3.71. The van der Waals surface area contributed by atoms with Gasteiger partial charge in [-0.2, -0.15) is 0 Å². The quantitative estimate of drug-likeness (QED) is 0.203. The first-order chi connectivity index (χ1) is 9.19. The van der Waals surface area contributed by atoms with E-state index in [0.717, 1.165) is 4.48 Å². The van der Waals surface area contributed by atoms with E-state index in [4.69, 9.17) is 4.43 Å². The third-order valence-corrected chi connectivity index (χ3v) is 5.14. The fourth-order valence-corrected chi connectivity index (χ4v) is 3.80. The molecule has 0 aliphatic heterocycles. The van der Waals surface area contributed by atoms with Gasteiger partial charge in [-0.25, -0.2) is 0 Å². The van der Waals surface area contributed by atoms with Crippen LogP contribution >= 0.6 is 0 Å². The molecule has 0 bridgehead atoms. The summed E-state index contributed by atoms with van der Waals surface area (Å²) in [4.78, 5) is 0. The minimum Gasteiger partial charge on any atom is -0.371 e. The molecular formula is C17H40NOSi+. The normalized spacial score (nSPS) is 14.6. The highest BCUT2D eigenvalue weighted by molar-refractivity contribution is 6.69. The van der Waals surface area contributed by atoms with Crippen LogP contribution in [0.4, 0.5) is 0 Å². The maximum Gasteiger partial charge on any atom is 0.191 e. The number of unbranched alkanes of at least 4 members (excludes halogenated alkanes) is 7. The molecule has 0 aromatic heterocycles. The van der Waals surface area contributed by atoms with Crippen LogP contribution in [0.15, 0.2) is 0 Å². The van der Waals surface area contributed by atoms with Gasteiger partial charge in [-0.15, -0.1) is 0 Å².